The van der Waals surface area contributed by atoms with Gasteiger partial charge >= 0.3 is 17.9 Å². The summed E-state index contributed by atoms with van der Waals surface area (Å²) < 4.78 is 0. The molecule has 1 atom stereocenters. The number of H-pyrrole nitrogens is 1. The van der Waals surface area contributed by atoms with Gasteiger partial charge in [-0.25, -0.2) is 14.6 Å². The Morgan fingerprint density at radius 3 is 2.29 bits per heavy atom. The van der Waals surface area contributed by atoms with E-state index in [9.17, 15) is 14.4 Å². The van der Waals surface area contributed by atoms with Gasteiger partial charge in [0.1, 0.15) is 11.7 Å². The van der Waals surface area contributed by atoms with Crippen molar-refractivity contribution in [2.24, 2.45) is 0 Å². The molecule has 0 aliphatic carbocycles. The first-order valence-electron chi connectivity index (χ1n) is 4.33. The van der Waals surface area contributed by atoms with Gasteiger partial charge in [-0.05, 0) is 0 Å². The molecule has 8 heteroatoms. The molecule has 1 unspecified atom stereocenters. The second-order valence-electron chi connectivity index (χ2n) is 2.99. The van der Waals surface area contributed by atoms with Crippen LogP contribution in [0.4, 0.5) is 0 Å². The van der Waals surface area contributed by atoms with Crippen molar-refractivity contribution in [2.45, 2.75) is 5.92 Å². The number of rotatable bonds is 5. The van der Waals surface area contributed by atoms with E-state index in [0.717, 1.165) is 0 Å². The third-order valence-electron chi connectivity index (χ3n) is 1.88. The van der Waals surface area contributed by atoms with Gasteiger partial charge in [0.15, 0.2) is 0 Å². The molecule has 0 aromatic carbocycles. The first-order valence-corrected chi connectivity index (χ1v) is 4.33. The van der Waals surface area contributed by atoms with Crippen LogP contribution in [-0.4, -0.2) is 43.2 Å². The summed E-state index contributed by atoms with van der Waals surface area (Å²) in [5.74, 6) is -6.47. The van der Waals surface area contributed by atoms with E-state index < -0.39 is 29.4 Å². The Bertz CT molecular complexity index is 476. The molecule has 0 saturated carbocycles. The van der Waals surface area contributed by atoms with Gasteiger partial charge in [-0.1, -0.05) is 0 Å². The van der Waals surface area contributed by atoms with E-state index >= 15 is 0 Å². The SMILES string of the molecule is O=C(O)C=C(C(=O)O)C(C(=O)O)c1ncc[nH]1. The Labute approximate surface area is 94.2 Å². The third-order valence-corrected chi connectivity index (χ3v) is 1.88. The van der Waals surface area contributed by atoms with Crippen molar-refractivity contribution >= 4 is 17.9 Å². The zero-order chi connectivity index (χ0) is 13.0. The second kappa shape index (κ2) is 4.92. The highest BCUT2D eigenvalue weighted by molar-refractivity contribution is 6.01. The number of hydrogen-bond acceptors (Lipinski definition) is 4. The summed E-state index contributed by atoms with van der Waals surface area (Å²) >= 11 is 0. The molecule has 1 aromatic rings. The maximum atomic E-state index is 11.0. The lowest BCUT2D eigenvalue weighted by molar-refractivity contribution is -0.141. The number of nitrogens with zero attached hydrogens (tertiary/aromatic N) is 1. The van der Waals surface area contributed by atoms with Crippen molar-refractivity contribution in [3.63, 3.8) is 0 Å². The van der Waals surface area contributed by atoms with E-state index in [2.05, 4.69) is 9.97 Å². The maximum Gasteiger partial charge on any atom is 0.333 e. The first-order chi connectivity index (χ1) is 7.93. The van der Waals surface area contributed by atoms with E-state index in [1.807, 2.05) is 0 Å². The Kier molecular flexibility index (Phi) is 3.60. The number of aliphatic carboxylic acids is 3. The fourth-order valence-corrected chi connectivity index (χ4v) is 1.23. The second-order valence-corrected chi connectivity index (χ2v) is 2.99. The molecule has 0 bridgehead atoms. The van der Waals surface area contributed by atoms with Gasteiger partial charge in [-0.3, -0.25) is 4.79 Å². The Morgan fingerprint density at radius 1 is 1.29 bits per heavy atom. The van der Waals surface area contributed by atoms with Crippen molar-refractivity contribution in [3.8, 4) is 0 Å². The van der Waals surface area contributed by atoms with E-state index in [4.69, 9.17) is 15.3 Å². The summed E-state index contributed by atoms with van der Waals surface area (Å²) in [6.07, 6.45) is 2.89. The molecule has 0 spiro atoms. The number of imidazole rings is 1. The van der Waals surface area contributed by atoms with Gasteiger partial charge in [0, 0.05) is 18.5 Å². The number of aromatic amines is 1. The van der Waals surface area contributed by atoms with Crippen LogP contribution in [0.15, 0.2) is 24.0 Å². The van der Waals surface area contributed by atoms with Crippen LogP contribution in [0, 0.1) is 0 Å². The molecule has 1 aromatic heterocycles. The van der Waals surface area contributed by atoms with Crippen molar-refractivity contribution in [1.29, 1.82) is 0 Å². The van der Waals surface area contributed by atoms with E-state index in [1.165, 1.54) is 12.4 Å². The van der Waals surface area contributed by atoms with Crippen molar-refractivity contribution < 1.29 is 29.7 Å². The average Bonchev–Trinajstić information content (AvgIpc) is 2.68. The predicted octanol–water partition coefficient (Wildman–Crippen LogP) is -0.327. The first kappa shape index (κ1) is 12.4. The molecule has 0 amide bonds. The highest BCUT2D eigenvalue weighted by atomic mass is 16.4. The summed E-state index contributed by atoms with van der Waals surface area (Å²) in [7, 11) is 0. The fraction of sp³-hybridized carbons (Fsp3) is 0.111. The van der Waals surface area contributed by atoms with Crippen molar-refractivity contribution in [2.75, 3.05) is 0 Å². The Balaban J connectivity index is 3.26. The molecule has 0 fully saturated rings. The van der Waals surface area contributed by atoms with Crippen molar-refractivity contribution in [3.05, 3.63) is 29.9 Å². The Hall–Kier alpha value is -2.64. The average molecular weight is 240 g/mol. The topological polar surface area (TPSA) is 141 Å². The van der Waals surface area contributed by atoms with Crippen LogP contribution in [0.3, 0.4) is 0 Å². The summed E-state index contributed by atoms with van der Waals surface area (Å²) in [5, 5.41) is 26.2. The standard InChI is InChI=1S/C9H8N2O6/c12-5(13)3-4(8(14)15)6(9(16)17)7-10-1-2-11-7/h1-3,6H,(H,10,11)(H,12,13)(H,14,15)(H,16,17). The number of nitrogens with one attached hydrogen (secondary N) is 1. The summed E-state index contributed by atoms with van der Waals surface area (Å²) in [4.78, 5) is 38.3. The summed E-state index contributed by atoms with van der Waals surface area (Å²) in [6.45, 7) is 0. The van der Waals surface area contributed by atoms with E-state index in [0.29, 0.717) is 6.08 Å². The predicted molar refractivity (Wildman–Crippen MR) is 52.3 cm³/mol. The molecule has 0 aliphatic heterocycles. The molecule has 90 valence electrons. The van der Waals surface area contributed by atoms with Crippen LogP contribution >= 0.6 is 0 Å². The molecule has 1 heterocycles. The molecule has 4 N–H and O–H groups in total. The minimum atomic E-state index is -1.65. The molecule has 8 nitrogen and oxygen atoms in total. The van der Waals surface area contributed by atoms with Crippen LogP contribution in [0.5, 0.6) is 0 Å². The minimum absolute atomic E-state index is 0.146. The van der Waals surface area contributed by atoms with Crippen LogP contribution in [-0.2, 0) is 14.4 Å². The quantitative estimate of drug-likeness (QED) is 0.516. The normalized spacial score (nSPS) is 13.1. The smallest absolute Gasteiger partial charge is 0.333 e. The lowest BCUT2D eigenvalue weighted by atomic mass is 9.98. The van der Waals surface area contributed by atoms with Crippen molar-refractivity contribution in [1.82, 2.24) is 9.97 Å². The molecule has 0 saturated heterocycles. The maximum absolute atomic E-state index is 11.0. The summed E-state index contributed by atoms with van der Waals surface area (Å²) in [6, 6.07) is 0. The van der Waals surface area contributed by atoms with Gasteiger partial charge in [0.05, 0.1) is 5.57 Å². The van der Waals surface area contributed by atoms with Gasteiger partial charge in [-0.15, -0.1) is 0 Å². The largest absolute Gasteiger partial charge is 0.480 e. The molecule has 0 aliphatic rings. The highest BCUT2D eigenvalue weighted by Crippen LogP contribution is 2.21. The zero-order valence-electron chi connectivity index (χ0n) is 8.32. The highest BCUT2D eigenvalue weighted by Gasteiger charge is 2.31. The van der Waals surface area contributed by atoms with Crippen LogP contribution in [0.2, 0.25) is 0 Å². The lowest BCUT2D eigenvalue weighted by Gasteiger charge is -2.09. The van der Waals surface area contributed by atoms with Gasteiger partial charge < -0.3 is 20.3 Å². The number of carbonyl (C=O) groups is 3. The third kappa shape index (κ3) is 2.91. The molecular formula is C9H8N2O6. The lowest BCUT2D eigenvalue weighted by Crippen LogP contribution is -2.21. The summed E-state index contributed by atoms with van der Waals surface area (Å²) in [5.41, 5.74) is -0.778. The molecule has 0 radical (unpaired) electrons. The van der Waals surface area contributed by atoms with Gasteiger partial charge in [-0.2, -0.15) is 0 Å². The van der Waals surface area contributed by atoms with E-state index in [1.54, 1.807) is 0 Å². The fourth-order valence-electron chi connectivity index (χ4n) is 1.23. The number of aromatic nitrogens is 2. The number of carboxylic acids is 3. The zero-order valence-corrected chi connectivity index (χ0v) is 8.32. The van der Waals surface area contributed by atoms with Gasteiger partial charge in [0.25, 0.3) is 0 Å². The number of hydrogen-bond donors (Lipinski definition) is 4. The molecular weight excluding hydrogens is 232 g/mol. The monoisotopic (exact) mass is 240 g/mol. The van der Waals surface area contributed by atoms with Gasteiger partial charge in [0.2, 0.25) is 0 Å². The number of carboxylic acid groups (broad SMARTS) is 3. The van der Waals surface area contributed by atoms with Crippen LogP contribution < -0.4 is 0 Å². The molecule has 17 heavy (non-hydrogen) atoms. The van der Waals surface area contributed by atoms with Crippen LogP contribution in [0.25, 0.3) is 0 Å². The Morgan fingerprint density at radius 2 is 1.94 bits per heavy atom. The van der Waals surface area contributed by atoms with E-state index in [-0.39, 0.29) is 5.82 Å². The minimum Gasteiger partial charge on any atom is -0.480 e. The van der Waals surface area contributed by atoms with Crippen LogP contribution in [0.1, 0.15) is 11.7 Å². The molecule has 1 rings (SSSR count).